The summed E-state index contributed by atoms with van der Waals surface area (Å²) in [6.07, 6.45) is 1.02. The van der Waals surface area contributed by atoms with E-state index >= 15 is 0 Å². The molecule has 0 aromatic carbocycles. The lowest BCUT2D eigenvalue weighted by atomic mass is 9.94. The van der Waals surface area contributed by atoms with Gasteiger partial charge in [-0.15, -0.1) is 11.6 Å². The Bertz CT molecular complexity index is 324. The Morgan fingerprint density at radius 1 is 1.41 bits per heavy atom. The highest BCUT2D eigenvalue weighted by Crippen LogP contribution is 2.31. The van der Waals surface area contributed by atoms with E-state index in [-0.39, 0.29) is 11.7 Å². The van der Waals surface area contributed by atoms with Crippen molar-refractivity contribution in [2.75, 3.05) is 12.4 Å². The van der Waals surface area contributed by atoms with E-state index in [1.165, 1.54) is 4.90 Å². The quantitative estimate of drug-likeness (QED) is 0.718. The average Bonchev–Trinajstić information content (AvgIpc) is 2.58. The lowest BCUT2D eigenvalue weighted by molar-refractivity contribution is -0.126. The molecule has 17 heavy (non-hydrogen) atoms. The van der Waals surface area contributed by atoms with E-state index in [0.29, 0.717) is 13.0 Å². The highest BCUT2D eigenvalue weighted by molar-refractivity contribution is 6.29. The predicted molar refractivity (Wildman–Crippen MR) is 66.3 cm³/mol. The molecule has 0 bridgehead atoms. The summed E-state index contributed by atoms with van der Waals surface area (Å²) in [7, 11) is 0. The topological polar surface area (TPSA) is 46.6 Å². The molecule has 0 spiro atoms. The van der Waals surface area contributed by atoms with Gasteiger partial charge < -0.3 is 4.74 Å². The maximum absolute atomic E-state index is 12.0. The van der Waals surface area contributed by atoms with Gasteiger partial charge in [0.15, 0.2) is 5.78 Å². The number of halogens is 1. The number of nitrogens with zero attached hydrogens (tertiary/aromatic N) is 1. The van der Waals surface area contributed by atoms with Crippen LogP contribution in [0.25, 0.3) is 0 Å². The van der Waals surface area contributed by atoms with Crippen LogP contribution in [0.2, 0.25) is 0 Å². The van der Waals surface area contributed by atoms with E-state index in [2.05, 4.69) is 0 Å². The van der Waals surface area contributed by atoms with E-state index < -0.39 is 17.2 Å². The Balaban J connectivity index is 2.83. The molecule has 1 aliphatic heterocycles. The Labute approximate surface area is 107 Å². The van der Waals surface area contributed by atoms with Crippen molar-refractivity contribution in [2.45, 2.75) is 51.7 Å². The summed E-state index contributed by atoms with van der Waals surface area (Å²) in [5, 5.41) is 0. The number of ketones is 1. The largest absolute Gasteiger partial charge is 0.444 e. The van der Waals surface area contributed by atoms with Gasteiger partial charge in [-0.1, -0.05) is 0 Å². The van der Waals surface area contributed by atoms with Crippen LogP contribution in [0.15, 0.2) is 0 Å². The number of rotatable bonds is 2. The summed E-state index contributed by atoms with van der Waals surface area (Å²) < 4.78 is 5.30. The van der Waals surface area contributed by atoms with Crippen LogP contribution >= 0.6 is 11.6 Å². The third kappa shape index (κ3) is 3.12. The molecule has 0 aliphatic carbocycles. The molecule has 0 N–H and O–H groups in total. The maximum Gasteiger partial charge on any atom is 0.411 e. The van der Waals surface area contributed by atoms with E-state index in [1.54, 1.807) is 6.92 Å². The minimum atomic E-state index is -0.802. The molecule has 0 radical (unpaired) electrons. The second kappa shape index (κ2) is 4.84. The van der Waals surface area contributed by atoms with Gasteiger partial charge in [0.1, 0.15) is 11.1 Å². The van der Waals surface area contributed by atoms with Crippen molar-refractivity contribution in [3.63, 3.8) is 0 Å². The SMILES string of the molecule is CC(C)(C)OC(=O)N1CCC[C@]1(C)C(=O)CCl. The minimum Gasteiger partial charge on any atom is -0.444 e. The molecular formula is C12H20ClNO3. The van der Waals surface area contributed by atoms with E-state index in [0.717, 1.165) is 6.42 Å². The van der Waals surface area contributed by atoms with Gasteiger partial charge in [-0.05, 0) is 40.5 Å². The van der Waals surface area contributed by atoms with Gasteiger partial charge in [0.2, 0.25) is 0 Å². The van der Waals surface area contributed by atoms with E-state index in [9.17, 15) is 9.59 Å². The summed E-state index contributed by atoms with van der Waals surface area (Å²) in [6, 6.07) is 0. The molecule has 1 atom stereocenters. The van der Waals surface area contributed by atoms with Crippen molar-refractivity contribution in [3.05, 3.63) is 0 Å². The lowest BCUT2D eigenvalue weighted by Gasteiger charge is -2.34. The zero-order chi connectivity index (χ0) is 13.3. The van der Waals surface area contributed by atoms with Gasteiger partial charge in [-0.25, -0.2) is 4.79 Å². The summed E-state index contributed by atoms with van der Waals surface area (Å²) >= 11 is 5.60. The number of amides is 1. The number of carbonyl (C=O) groups is 2. The van der Waals surface area contributed by atoms with Crippen molar-refractivity contribution >= 4 is 23.5 Å². The van der Waals surface area contributed by atoms with Crippen LogP contribution in [0.3, 0.4) is 0 Å². The molecule has 1 saturated heterocycles. The van der Waals surface area contributed by atoms with Crippen molar-refractivity contribution in [2.24, 2.45) is 0 Å². The lowest BCUT2D eigenvalue weighted by Crippen LogP contribution is -2.52. The van der Waals surface area contributed by atoms with Crippen LogP contribution in [0.4, 0.5) is 4.79 Å². The zero-order valence-corrected chi connectivity index (χ0v) is 11.6. The number of alkyl halides is 1. The van der Waals surface area contributed by atoms with Crippen LogP contribution in [0.5, 0.6) is 0 Å². The standard InChI is InChI=1S/C12H20ClNO3/c1-11(2,3)17-10(16)14-7-5-6-12(14,4)9(15)8-13/h5-8H2,1-4H3/t12-/m1/s1. The molecule has 98 valence electrons. The van der Waals surface area contributed by atoms with Crippen molar-refractivity contribution < 1.29 is 14.3 Å². The average molecular weight is 262 g/mol. The number of carbonyl (C=O) groups excluding carboxylic acids is 2. The number of likely N-dealkylation sites (tertiary alicyclic amines) is 1. The fourth-order valence-electron chi connectivity index (χ4n) is 2.01. The van der Waals surface area contributed by atoms with Crippen molar-refractivity contribution in [1.82, 2.24) is 4.90 Å². The molecule has 1 heterocycles. The summed E-state index contributed by atoms with van der Waals surface area (Å²) in [4.78, 5) is 25.3. The van der Waals surface area contributed by atoms with Crippen LogP contribution < -0.4 is 0 Å². The van der Waals surface area contributed by atoms with Gasteiger partial charge in [0.05, 0.1) is 5.88 Å². The zero-order valence-electron chi connectivity index (χ0n) is 10.9. The Hall–Kier alpha value is -0.770. The molecule has 0 aromatic heterocycles. The monoisotopic (exact) mass is 261 g/mol. The fraction of sp³-hybridized carbons (Fsp3) is 0.833. The highest BCUT2D eigenvalue weighted by Gasteiger charge is 2.46. The minimum absolute atomic E-state index is 0.0736. The molecule has 1 rings (SSSR count). The first-order chi connectivity index (χ1) is 7.70. The van der Waals surface area contributed by atoms with Gasteiger partial charge in [0.25, 0.3) is 0 Å². The number of hydrogen-bond donors (Lipinski definition) is 0. The number of ether oxygens (including phenoxy) is 1. The van der Waals surface area contributed by atoms with Crippen LogP contribution in [-0.2, 0) is 9.53 Å². The first-order valence-electron chi connectivity index (χ1n) is 5.80. The first-order valence-corrected chi connectivity index (χ1v) is 6.34. The number of Topliss-reactive ketones (excluding diaryl/α,β-unsaturated/α-hetero) is 1. The van der Waals surface area contributed by atoms with Crippen LogP contribution in [0, 0.1) is 0 Å². The van der Waals surface area contributed by atoms with Crippen LogP contribution in [-0.4, -0.2) is 40.3 Å². The van der Waals surface area contributed by atoms with Gasteiger partial charge in [0, 0.05) is 6.54 Å². The Morgan fingerprint density at radius 3 is 2.47 bits per heavy atom. The summed E-state index contributed by atoms with van der Waals surface area (Å²) in [5.41, 5.74) is -1.35. The molecule has 0 aromatic rings. The number of hydrogen-bond acceptors (Lipinski definition) is 3. The fourth-order valence-corrected chi connectivity index (χ4v) is 2.29. The summed E-state index contributed by atoms with van der Waals surface area (Å²) in [6.45, 7) is 7.73. The Kier molecular flexibility index (Phi) is 4.07. The van der Waals surface area contributed by atoms with E-state index in [1.807, 2.05) is 20.8 Å². The molecule has 0 saturated carbocycles. The van der Waals surface area contributed by atoms with Crippen molar-refractivity contribution in [3.8, 4) is 0 Å². The predicted octanol–water partition coefficient (Wildman–Crippen LogP) is 2.58. The molecule has 1 fully saturated rings. The van der Waals surface area contributed by atoms with E-state index in [4.69, 9.17) is 16.3 Å². The molecule has 1 amide bonds. The van der Waals surface area contributed by atoms with Gasteiger partial charge in [-0.2, -0.15) is 0 Å². The van der Waals surface area contributed by atoms with Gasteiger partial charge in [-0.3, -0.25) is 9.69 Å². The Morgan fingerprint density at radius 2 is 2.00 bits per heavy atom. The second-order valence-corrected chi connectivity index (χ2v) is 5.83. The highest BCUT2D eigenvalue weighted by atomic mass is 35.5. The van der Waals surface area contributed by atoms with Gasteiger partial charge >= 0.3 is 6.09 Å². The normalized spacial score (nSPS) is 24.9. The second-order valence-electron chi connectivity index (χ2n) is 5.57. The smallest absolute Gasteiger partial charge is 0.411 e. The molecule has 4 nitrogen and oxygen atoms in total. The van der Waals surface area contributed by atoms with Crippen LogP contribution in [0.1, 0.15) is 40.5 Å². The first kappa shape index (κ1) is 14.3. The molecule has 5 heteroatoms. The summed E-state index contributed by atoms with van der Waals surface area (Å²) in [5.74, 6) is -0.196. The maximum atomic E-state index is 12.0. The molecular weight excluding hydrogens is 242 g/mol. The van der Waals surface area contributed by atoms with Crippen molar-refractivity contribution in [1.29, 1.82) is 0 Å². The third-order valence-corrected chi connectivity index (χ3v) is 3.22. The third-order valence-electron chi connectivity index (χ3n) is 2.98. The molecule has 1 aliphatic rings. The molecule has 0 unspecified atom stereocenters.